The van der Waals surface area contributed by atoms with Crippen molar-refractivity contribution in [3.63, 3.8) is 0 Å². The first-order chi connectivity index (χ1) is 8.21. The normalized spacial score (nSPS) is 11.6. The highest BCUT2D eigenvalue weighted by atomic mass is 32.2. The summed E-state index contributed by atoms with van der Waals surface area (Å²) in [6, 6.07) is 2.33. The van der Waals surface area contributed by atoms with Gasteiger partial charge in [0.05, 0.1) is 9.82 Å². The highest BCUT2D eigenvalue weighted by Gasteiger charge is 2.25. The SMILES string of the molecule is Cc1cc(NN)c([N+](=O)[O-])cc1S(=O)(=O)N(C)C. The van der Waals surface area contributed by atoms with Gasteiger partial charge in [-0.2, -0.15) is 0 Å². The molecule has 0 aliphatic rings. The second kappa shape index (κ2) is 4.88. The van der Waals surface area contributed by atoms with E-state index in [9.17, 15) is 18.5 Å². The van der Waals surface area contributed by atoms with Crippen molar-refractivity contribution in [1.82, 2.24) is 4.31 Å². The minimum Gasteiger partial charge on any atom is -0.318 e. The van der Waals surface area contributed by atoms with Crippen molar-refractivity contribution in [1.29, 1.82) is 0 Å². The molecule has 9 heteroatoms. The van der Waals surface area contributed by atoms with Gasteiger partial charge >= 0.3 is 0 Å². The molecule has 0 bridgehead atoms. The molecule has 0 aliphatic carbocycles. The van der Waals surface area contributed by atoms with E-state index in [2.05, 4.69) is 5.43 Å². The molecule has 0 saturated heterocycles. The number of nitrogens with two attached hydrogens (primary N) is 1. The summed E-state index contributed by atoms with van der Waals surface area (Å²) in [5, 5.41) is 10.8. The molecule has 0 saturated carbocycles. The van der Waals surface area contributed by atoms with Crippen LogP contribution in [0.4, 0.5) is 11.4 Å². The Morgan fingerprint density at radius 1 is 1.39 bits per heavy atom. The van der Waals surface area contributed by atoms with Gasteiger partial charge in [-0.25, -0.2) is 12.7 Å². The molecule has 0 atom stereocenters. The summed E-state index contributed by atoms with van der Waals surface area (Å²) in [6.07, 6.45) is 0. The highest BCUT2D eigenvalue weighted by molar-refractivity contribution is 7.89. The second-order valence-corrected chi connectivity index (χ2v) is 5.94. The van der Waals surface area contributed by atoms with Crippen LogP contribution in [0.15, 0.2) is 17.0 Å². The maximum atomic E-state index is 12.0. The molecule has 0 spiro atoms. The predicted molar refractivity (Wildman–Crippen MR) is 66.5 cm³/mol. The molecular formula is C9H14N4O4S. The number of anilines is 1. The van der Waals surface area contributed by atoms with Gasteiger partial charge in [-0.05, 0) is 18.6 Å². The van der Waals surface area contributed by atoms with E-state index in [-0.39, 0.29) is 16.3 Å². The number of nitrogen functional groups attached to an aromatic ring is 1. The number of sulfonamides is 1. The largest absolute Gasteiger partial charge is 0.318 e. The number of aryl methyl sites for hydroxylation is 1. The zero-order valence-corrected chi connectivity index (χ0v) is 11.0. The van der Waals surface area contributed by atoms with E-state index in [4.69, 9.17) is 5.84 Å². The lowest BCUT2D eigenvalue weighted by Gasteiger charge is -2.14. The van der Waals surface area contributed by atoms with Gasteiger partial charge < -0.3 is 5.43 Å². The Morgan fingerprint density at radius 3 is 2.33 bits per heavy atom. The molecule has 3 N–H and O–H groups in total. The Labute approximate surface area is 105 Å². The molecule has 1 rings (SSSR count). The van der Waals surface area contributed by atoms with E-state index < -0.39 is 14.9 Å². The molecule has 0 radical (unpaired) electrons. The van der Waals surface area contributed by atoms with Crippen LogP contribution in [0.2, 0.25) is 0 Å². The van der Waals surface area contributed by atoms with Crippen LogP contribution in [-0.4, -0.2) is 31.7 Å². The second-order valence-electron chi connectivity index (χ2n) is 3.82. The molecule has 8 nitrogen and oxygen atoms in total. The fourth-order valence-electron chi connectivity index (χ4n) is 1.42. The third kappa shape index (κ3) is 2.42. The van der Waals surface area contributed by atoms with Crippen molar-refractivity contribution in [2.45, 2.75) is 11.8 Å². The number of nitro groups is 1. The third-order valence-electron chi connectivity index (χ3n) is 2.40. The Balaban J connectivity index is 3.59. The topological polar surface area (TPSA) is 119 Å². The summed E-state index contributed by atoms with van der Waals surface area (Å²) in [4.78, 5) is 10.0. The van der Waals surface area contributed by atoms with E-state index >= 15 is 0 Å². The number of rotatable bonds is 4. The molecule has 0 aromatic heterocycles. The minimum absolute atomic E-state index is 0.0650. The van der Waals surface area contributed by atoms with Gasteiger partial charge in [0.25, 0.3) is 5.69 Å². The van der Waals surface area contributed by atoms with Gasteiger partial charge in [-0.15, -0.1) is 0 Å². The van der Waals surface area contributed by atoms with E-state index in [0.29, 0.717) is 5.56 Å². The van der Waals surface area contributed by atoms with Crippen LogP contribution < -0.4 is 11.3 Å². The maximum absolute atomic E-state index is 12.0. The van der Waals surface area contributed by atoms with Crippen LogP contribution in [0.1, 0.15) is 5.56 Å². The Morgan fingerprint density at radius 2 is 1.94 bits per heavy atom. The number of nitro benzene ring substituents is 1. The lowest BCUT2D eigenvalue weighted by Crippen LogP contribution is -2.23. The third-order valence-corrected chi connectivity index (χ3v) is 4.36. The summed E-state index contributed by atoms with van der Waals surface area (Å²) in [6.45, 7) is 1.54. The van der Waals surface area contributed by atoms with Gasteiger partial charge in [-0.3, -0.25) is 16.0 Å². The zero-order valence-electron chi connectivity index (χ0n) is 10.2. The first-order valence-electron chi connectivity index (χ1n) is 4.90. The molecule has 0 aliphatic heterocycles. The quantitative estimate of drug-likeness (QED) is 0.467. The highest BCUT2D eigenvalue weighted by Crippen LogP contribution is 2.30. The monoisotopic (exact) mass is 274 g/mol. The molecule has 0 heterocycles. The fraction of sp³-hybridized carbons (Fsp3) is 0.333. The van der Waals surface area contributed by atoms with Crippen LogP contribution in [0.25, 0.3) is 0 Å². The van der Waals surface area contributed by atoms with Gasteiger partial charge in [0.1, 0.15) is 5.69 Å². The number of nitrogens with zero attached hydrogens (tertiary/aromatic N) is 2. The summed E-state index contributed by atoms with van der Waals surface area (Å²) >= 11 is 0. The summed E-state index contributed by atoms with van der Waals surface area (Å²) < 4.78 is 25.0. The minimum atomic E-state index is -3.73. The van der Waals surface area contributed by atoms with E-state index in [1.54, 1.807) is 6.92 Å². The number of hydrogen-bond acceptors (Lipinski definition) is 6. The number of nitrogens with one attached hydrogen (secondary N) is 1. The standard InChI is InChI=1S/C9H14N4O4S/c1-6-4-7(11-10)8(13(14)15)5-9(6)18(16,17)12(2)3/h4-5,11H,10H2,1-3H3. The van der Waals surface area contributed by atoms with Gasteiger partial charge in [0.15, 0.2) is 0 Å². The lowest BCUT2D eigenvalue weighted by molar-refractivity contribution is -0.384. The summed E-state index contributed by atoms with van der Waals surface area (Å²) in [5.41, 5.74) is 2.23. The molecule has 18 heavy (non-hydrogen) atoms. The van der Waals surface area contributed by atoms with Crippen LogP contribution in [0.3, 0.4) is 0 Å². The van der Waals surface area contributed by atoms with Crippen molar-refractivity contribution in [3.05, 3.63) is 27.8 Å². The Bertz CT molecular complexity index is 582. The average Bonchev–Trinajstić information content (AvgIpc) is 2.27. The van der Waals surface area contributed by atoms with Crippen molar-refractivity contribution in [3.8, 4) is 0 Å². The summed E-state index contributed by atoms with van der Waals surface area (Å²) in [5.74, 6) is 5.16. The van der Waals surface area contributed by atoms with Crippen LogP contribution in [0.5, 0.6) is 0 Å². The van der Waals surface area contributed by atoms with Crippen molar-refractivity contribution < 1.29 is 13.3 Å². The Hall–Kier alpha value is -1.71. The van der Waals surface area contributed by atoms with Crippen LogP contribution >= 0.6 is 0 Å². The molecule has 0 amide bonds. The number of hydrazine groups is 1. The fourth-order valence-corrected chi connectivity index (χ4v) is 2.54. The van der Waals surface area contributed by atoms with E-state index in [0.717, 1.165) is 10.4 Å². The predicted octanol–water partition coefficient (Wildman–Crippen LogP) is 0.439. The smallest absolute Gasteiger partial charge is 0.295 e. The summed E-state index contributed by atoms with van der Waals surface area (Å²) in [7, 11) is -1.01. The molecular weight excluding hydrogens is 260 g/mol. The molecule has 1 aromatic rings. The lowest BCUT2D eigenvalue weighted by atomic mass is 10.2. The van der Waals surface area contributed by atoms with Crippen LogP contribution in [0, 0.1) is 17.0 Å². The van der Waals surface area contributed by atoms with E-state index in [1.165, 1.54) is 20.2 Å². The van der Waals surface area contributed by atoms with Gasteiger partial charge in [-0.1, -0.05) is 0 Å². The van der Waals surface area contributed by atoms with Crippen molar-refractivity contribution >= 4 is 21.4 Å². The van der Waals surface area contributed by atoms with Gasteiger partial charge in [0.2, 0.25) is 10.0 Å². The maximum Gasteiger partial charge on any atom is 0.295 e. The van der Waals surface area contributed by atoms with Gasteiger partial charge in [0, 0.05) is 20.2 Å². The zero-order chi connectivity index (χ0) is 14.1. The molecule has 0 unspecified atom stereocenters. The average molecular weight is 274 g/mol. The van der Waals surface area contributed by atoms with Crippen molar-refractivity contribution in [2.75, 3.05) is 19.5 Å². The molecule has 1 aromatic carbocycles. The first-order valence-corrected chi connectivity index (χ1v) is 6.34. The Kier molecular flexibility index (Phi) is 3.89. The van der Waals surface area contributed by atoms with Crippen molar-refractivity contribution in [2.24, 2.45) is 5.84 Å². The molecule has 100 valence electrons. The number of hydrogen-bond donors (Lipinski definition) is 2. The van der Waals surface area contributed by atoms with E-state index in [1.807, 2.05) is 0 Å². The molecule has 0 fully saturated rings. The first kappa shape index (κ1) is 14.4. The number of benzene rings is 1. The van der Waals surface area contributed by atoms with Crippen LogP contribution in [-0.2, 0) is 10.0 Å².